The van der Waals surface area contributed by atoms with Gasteiger partial charge in [-0.3, -0.25) is 4.79 Å². The molecule has 8 nitrogen and oxygen atoms in total. The molecule has 1 saturated heterocycles. The molecule has 0 aromatic carbocycles. The van der Waals surface area contributed by atoms with Crippen molar-refractivity contribution in [3.05, 3.63) is 35.8 Å². The van der Waals surface area contributed by atoms with Crippen LogP contribution in [0.3, 0.4) is 0 Å². The fraction of sp³-hybridized carbons (Fsp3) is 0.444. The Morgan fingerprint density at radius 1 is 1.23 bits per heavy atom. The molecule has 2 aromatic rings. The molecule has 1 fully saturated rings. The number of methoxy groups -OCH3 is 1. The van der Waals surface area contributed by atoms with Crippen LogP contribution in [0.4, 0.5) is 11.6 Å². The van der Waals surface area contributed by atoms with Crippen molar-refractivity contribution in [3.8, 4) is 5.88 Å². The van der Waals surface area contributed by atoms with Crippen LogP contribution in [-0.2, 0) is 0 Å². The van der Waals surface area contributed by atoms with Gasteiger partial charge >= 0.3 is 0 Å². The first-order valence-electron chi connectivity index (χ1n) is 8.78. The number of aryl methyl sites for hydroxylation is 1. The molecule has 0 aliphatic carbocycles. The number of nitrogens with zero attached hydrogens (tertiary/aromatic N) is 4. The number of aromatic nitrogens is 3. The van der Waals surface area contributed by atoms with Crippen LogP contribution in [0.25, 0.3) is 0 Å². The lowest BCUT2D eigenvalue weighted by atomic mass is 10.2. The number of pyridine rings is 1. The molecular weight excluding hydrogens is 332 g/mol. The Bertz CT molecular complexity index is 744. The minimum atomic E-state index is -0.168. The Kier molecular flexibility index (Phi) is 5.83. The molecule has 1 amide bonds. The van der Waals surface area contributed by atoms with Crippen LogP contribution in [0.15, 0.2) is 24.4 Å². The number of nitrogens with one attached hydrogen (secondary N) is 2. The summed E-state index contributed by atoms with van der Waals surface area (Å²) in [6.07, 6.45) is 3.91. The van der Waals surface area contributed by atoms with Gasteiger partial charge in [-0.15, -0.1) is 0 Å². The molecule has 0 spiro atoms. The quantitative estimate of drug-likeness (QED) is 0.729. The largest absolute Gasteiger partial charge is 0.481 e. The predicted octanol–water partition coefficient (Wildman–Crippen LogP) is 1.63. The molecule has 2 aromatic heterocycles. The van der Waals surface area contributed by atoms with Crippen molar-refractivity contribution in [1.29, 1.82) is 0 Å². The predicted molar refractivity (Wildman–Crippen MR) is 99.8 cm³/mol. The summed E-state index contributed by atoms with van der Waals surface area (Å²) in [6.45, 7) is 5.03. The minimum absolute atomic E-state index is 0.168. The Morgan fingerprint density at radius 2 is 2.04 bits per heavy atom. The second-order valence-electron chi connectivity index (χ2n) is 6.12. The molecule has 0 radical (unpaired) electrons. The van der Waals surface area contributed by atoms with E-state index in [0.717, 1.165) is 30.5 Å². The molecule has 0 unspecified atom stereocenters. The number of hydrogen-bond acceptors (Lipinski definition) is 7. The number of amides is 1. The Labute approximate surface area is 153 Å². The molecule has 0 saturated carbocycles. The molecule has 8 heteroatoms. The first-order chi connectivity index (χ1) is 12.7. The molecule has 2 N–H and O–H groups in total. The van der Waals surface area contributed by atoms with Crippen molar-refractivity contribution in [2.45, 2.75) is 19.8 Å². The average Bonchev–Trinajstić information content (AvgIpc) is 3.19. The zero-order valence-corrected chi connectivity index (χ0v) is 15.2. The maximum Gasteiger partial charge on any atom is 0.252 e. The number of hydrogen-bond donors (Lipinski definition) is 2. The highest BCUT2D eigenvalue weighted by molar-refractivity contribution is 5.93. The SMILES string of the molecule is COc1ccc(C(=O)NCCNc2cc(N3CCCC3)nc(C)n2)cn1. The molecule has 0 bridgehead atoms. The van der Waals surface area contributed by atoms with Crippen LogP contribution in [0.5, 0.6) is 5.88 Å². The highest BCUT2D eigenvalue weighted by Gasteiger charge is 2.15. The van der Waals surface area contributed by atoms with E-state index in [0.29, 0.717) is 24.5 Å². The lowest BCUT2D eigenvalue weighted by molar-refractivity contribution is 0.0954. The summed E-state index contributed by atoms with van der Waals surface area (Å²) in [4.78, 5) is 27.3. The van der Waals surface area contributed by atoms with Gasteiger partial charge in [0.25, 0.3) is 5.91 Å². The lowest BCUT2D eigenvalue weighted by Gasteiger charge is -2.17. The van der Waals surface area contributed by atoms with E-state index in [1.54, 1.807) is 12.1 Å². The number of anilines is 2. The maximum atomic E-state index is 12.1. The highest BCUT2D eigenvalue weighted by Crippen LogP contribution is 2.20. The molecule has 26 heavy (non-hydrogen) atoms. The summed E-state index contributed by atoms with van der Waals surface area (Å²) >= 11 is 0. The van der Waals surface area contributed by atoms with Gasteiger partial charge in [-0.05, 0) is 25.8 Å². The fourth-order valence-electron chi connectivity index (χ4n) is 2.85. The van der Waals surface area contributed by atoms with Gasteiger partial charge in [0.05, 0.1) is 12.7 Å². The third-order valence-corrected chi connectivity index (χ3v) is 4.18. The van der Waals surface area contributed by atoms with E-state index in [9.17, 15) is 4.79 Å². The summed E-state index contributed by atoms with van der Waals surface area (Å²) in [5.74, 6) is 2.80. The second kappa shape index (κ2) is 8.46. The van der Waals surface area contributed by atoms with Crippen LogP contribution in [0.1, 0.15) is 29.0 Å². The summed E-state index contributed by atoms with van der Waals surface area (Å²) in [6, 6.07) is 5.31. The third kappa shape index (κ3) is 4.59. The summed E-state index contributed by atoms with van der Waals surface area (Å²) in [5.41, 5.74) is 0.500. The van der Waals surface area contributed by atoms with Crippen LogP contribution >= 0.6 is 0 Å². The van der Waals surface area contributed by atoms with Crippen molar-refractivity contribution in [2.24, 2.45) is 0 Å². The number of rotatable bonds is 7. The summed E-state index contributed by atoms with van der Waals surface area (Å²) in [7, 11) is 1.54. The summed E-state index contributed by atoms with van der Waals surface area (Å²) < 4.78 is 4.98. The van der Waals surface area contributed by atoms with Crippen molar-refractivity contribution in [1.82, 2.24) is 20.3 Å². The van der Waals surface area contributed by atoms with Gasteiger partial charge in [-0.2, -0.15) is 0 Å². The summed E-state index contributed by atoms with van der Waals surface area (Å²) in [5, 5.41) is 6.10. The van der Waals surface area contributed by atoms with E-state index in [2.05, 4.69) is 30.5 Å². The topological polar surface area (TPSA) is 92.3 Å². The highest BCUT2D eigenvalue weighted by atomic mass is 16.5. The third-order valence-electron chi connectivity index (χ3n) is 4.18. The fourth-order valence-corrected chi connectivity index (χ4v) is 2.85. The Morgan fingerprint density at radius 3 is 2.73 bits per heavy atom. The molecule has 0 atom stereocenters. The van der Waals surface area contributed by atoms with Crippen molar-refractivity contribution in [3.63, 3.8) is 0 Å². The number of ether oxygens (including phenoxy) is 1. The van der Waals surface area contributed by atoms with Gasteiger partial charge in [0.15, 0.2) is 0 Å². The Balaban J connectivity index is 1.49. The van der Waals surface area contributed by atoms with Crippen molar-refractivity contribution < 1.29 is 9.53 Å². The van der Waals surface area contributed by atoms with Gasteiger partial charge in [-0.1, -0.05) is 0 Å². The number of carbonyl (C=O) groups excluding carboxylic acids is 1. The first kappa shape index (κ1) is 17.9. The van der Waals surface area contributed by atoms with Crippen molar-refractivity contribution >= 4 is 17.5 Å². The van der Waals surface area contributed by atoms with Crippen LogP contribution in [0.2, 0.25) is 0 Å². The van der Waals surface area contributed by atoms with Gasteiger partial charge in [-0.25, -0.2) is 15.0 Å². The van der Waals surface area contributed by atoms with E-state index in [4.69, 9.17) is 4.74 Å². The van der Waals surface area contributed by atoms with E-state index in [1.807, 2.05) is 13.0 Å². The molecule has 1 aliphatic heterocycles. The zero-order chi connectivity index (χ0) is 18.4. The molecule has 138 valence electrons. The Hall–Kier alpha value is -2.90. The molecule has 1 aliphatic rings. The van der Waals surface area contributed by atoms with E-state index in [1.165, 1.54) is 26.1 Å². The van der Waals surface area contributed by atoms with Crippen LogP contribution < -0.4 is 20.3 Å². The van der Waals surface area contributed by atoms with Gasteiger partial charge in [0.2, 0.25) is 5.88 Å². The van der Waals surface area contributed by atoms with E-state index >= 15 is 0 Å². The lowest BCUT2D eigenvalue weighted by Crippen LogP contribution is -2.29. The van der Waals surface area contributed by atoms with Crippen LogP contribution in [-0.4, -0.2) is 54.1 Å². The molecule has 3 heterocycles. The van der Waals surface area contributed by atoms with E-state index < -0.39 is 0 Å². The van der Waals surface area contributed by atoms with Gasteiger partial charge < -0.3 is 20.3 Å². The first-order valence-corrected chi connectivity index (χ1v) is 8.78. The second-order valence-corrected chi connectivity index (χ2v) is 6.12. The molecular formula is C18H24N6O2. The standard InChI is InChI=1S/C18H24N6O2/c1-13-22-15(11-16(23-13)24-9-3-4-10-24)19-7-8-20-18(25)14-5-6-17(26-2)21-12-14/h5-6,11-12H,3-4,7-10H2,1-2H3,(H,20,25)(H,19,22,23). The monoisotopic (exact) mass is 356 g/mol. The molecule has 3 rings (SSSR count). The van der Waals surface area contributed by atoms with Gasteiger partial charge in [0, 0.05) is 44.5 Å². The minimum Gasteiger partial charge on any atom is -0.481 e. The van der Waals surface area contributed by atoms with Gasteiger partial charge in [0.1, 0.15) is 17.5 Å². The smallest absolute Gasteiger partial charge is 0.252 e. The maximum absolute atomic E-state index is 12.1. The zero-order valence-electron chi connectivity index (χ0n) is 15.2. The normalized spacial score (nSPS) is 13.5. The average molecular weight is 356 g/mol. The number of carbonyl (C=O) groups is 1. The van der Waals surface area contributed by atoms with Crippen molar-refractivity contribution in [2.75, 3.05) is 43.5 Å². The van der Waals surface area contributed by atoms with Crippen LogP contribution in [0, 0.1) is 6.92 Å². The van der Waals surface area contributed by atoms with E-state index in [-0.39, 0.29) is 5.91 Å².